The van der Waals surface area contributed by atoms with E-state index in [9.17, 15) is 4.79 Å². The summed E-state index contributed by atoms with van der Waals surface area (Å²) in [4.78, 5) is 16.2. The SMILES string of the molecule is CCCCC(=O)N1CCN(c2ccc(-n3cccc3)nn2)CC1. The van der Waals surface area contributed by atoms with Gasteiger partial charge in [0, 0.05) is 45.0 Å². The van der Waals surface area contributed by atoms with E-state index in [1.165, 1.54) is 0 Å². The van der Waals surface area contributed by atoms with Crippen molar-refractivity contribution in [3.05, 3.63) is 36.7 Å². The van der Waals surface area contributed by atoms with Gasteiger partial charge >= 0.3 is 0 Å². The second-order valence-electron chi connectivity index (χ2n) is 5.81. The van der Waals surface area contributed by atoms with Crippen LogP contribution in [0.3, 0.4) is 0 Å². The van der Waals surface area contributed by atoms with Gasteiger partial charge < -0.3 is 14.4 Å². The summed E-state index contributed by atoms with van der Waals surface area (Å²) in [5.41, 5.74) is 0. The van der Waals surface area contributed by atoms with Crippen molar-refractivity contribution in [3.63, 3.8) is 0 Å². The number of nitrogens with zero attached hydrogens (tertiary/aromatic N) is 5. The summed E-state index contributed by atoms with van der Waals surface area (Å²) in [7, 11) is 0. The normalized spacial score (nSPS) is 15.0. The smallest absolute Gasteiger partial charge is 0.222 e. The number of unbranched alkanes of at least 4 members (excludes halogenated alkanes) is 1. The maximum atomic E-state index is 12.1. The first kappa shape index (κ1) is 15.5. The number of hydrogen-bond donors (Lipinski definition) is 0. The molecule has 0 N–H and O–H groups in total. The first-order valence-corrected chi connectivity index (χ1v) is 8.27. The predicted molar refractivity (Wildman–Crippen MR) is 89.7 cm³/mol. The molecule has 2 aromatic rings. The van der Waals surface area contributed by atoms with Crippen molar-refractivity contribution >= 4 is 11.7 Å². The number of carbonyl (C=O) groups is 1. The zero-order valence-electron chi connectivity index (χ0n) is 13.6. The Morgan fingerprint density at radius 2 is 1.70 bits per heavy atom. The fourth-order valence-corrected chi connectivity index (χ4v) is 2.78. The summed E-state index contributed by atoms with van der Waals surface area (Å²) >= 11 is 0. The molecule has 6 nitrogen and oxygen atoms in total. The molecule has 6 heteroatoms. The van der Waals surface area contributed by atoms with E-state index >= 15 is 0 Å². The van der Waals surface area contributed by atoms with Gasteiger partial charge in [0.25, 0.3) is 0 Å². The molecule has 1 amide bonds. The standard InChI is InChI=1S/C17H23N5O/c1-2-3-6-17(23)22-13-11-21(12-14-22)16-8-7-15(18-19-16)20-9-4-5-10-20/h4-5,7-10H,2-3,6,11-14H2,1H3. The van der Waals surface area contributed by atoms with Crippen LogP contribution in [0.15, 0.2) is 36.7 Å². The Balaban J connectivity index is 1.56. The summed E-state index contributed by atoms with van der Waals surface area (Å²) in [5.74, 6) is 1.97. The van der Waals surface area contributed by atoms with Crippen molar-refractivity contribution in [1.29, 1.82) is 0 Å². The Hall–Kier alpha value is -2.37. The molecule has 122 valence electrons. The lowest BCUT2D eigenvalue weighted by Crippen LogP contribution is -2.49. The van der Waals surface area contributed by atoms with Gasteiger partial charge in [-0.2, -0.15) is 0 Å². The van der Waals surface area contributed by atoms with Gasteiger partial charge in [-0.25, -0.2) is 0 Å². The summed E-state index contributed by atoms with van der Waals surface area (Å²) in [6, 6.07) is 7.90. The van der Waals surface area contributed by atoms with Gasteiger partial charge in [-0.15, -0.1) is 10.2 Å². The van der Waals surface area contributed by atoms with Gasteiger partial charge in [-0.3, -0.25) is 4.79 Å². The van der Waals surface area contributed by atoms with Gasteiger partial charge in [-0.1, -0.05) is 13.3 Å². The molecular weight excluding hydrogens is 290 g/mol. The van der Waals surface area contributed by atoms with Crippen LogP contribution in [0.25, 0.3) is 5.82 Å². The fourth-order valence-electron chi connectivity index (χ4n) is 2.78. The van der Waals surface area contributed by atoms with Crippen LogP contribution >= 0.6 is 0 Å². The third kappa shape index (κ3) is 3.70. The minimum Gasteiger partial charge on any atom is -0.352 e. The number of amides is 1. The summed E-state index contributed by atoms with van der Waals surface area (Å²) in [5, 5.41) is 8.61. The molecule has 1 aliphatic rings. The lowest BCUT2D eigenvalue weighted by atomic mass is 10.2. The first-order chi connectivity index (χ1) is 11.3. The molecule has 0 spiro atoms. The van der Waals surface area contributed by atoms with Crippen LogP contribution in [-0.2, 0) is 4.79 Å². The Bertz CT molecular complexity index is 615. The highest BCUT2D eigenvalue weighted by molar-refractivity contribution is 5.76. The average Bonchev–Trinajstić information content (AvgIpc) is 3.14. The second kappa shape index (κ2) is 7.26. The lowest BCUT2D eigenvalue weighted by molar-refractivity contribution is -0.131. The van der Waals surface area contributed by atoms with Crippen molar-refractivity contribution in [1.82, 2.24) is 19.7 Å². The number of anilines is 1. The van der Waals surface area contributed by atoms with Crippen molar-refractivity contribution < 1.29 is 4.79 Å². The topological polar surface area (TPSA) is 54.3 Å². The van der Waals surface area contributed by atoms with E-state index in [0.717, 1.165) is 50.7 Å². The van der Waals surface area contributed by atoms with Gasteiger partial charge in [0.1, 0.15) is 0 Å². The Labute approximate surface area is 136 Å². The lowest BCUT2D eigenvalue weighted by Gasteiger charge is -2.35. The molecule has 2 aromatic heterocycles. The van der Waals surface area contributed by atoms with E-state index in [1.807, 2.05) is 46.1 Å². The van der Waals surface area contributed by atoms with E-state index in [1.54, 1.807) is 0 Å². The minimum atomic E-state index is 0.278. The van der Waals surface area contributed by atoms with Crippen LogP contribution in [0.1, 0.15) is 26.2 Å². The number of carbonyl (C=O) groups excluding carboxylic acids is 1. The highest BCUT2D eigenvalue weighted by atomic mass is 16.2. The van der Waals surface area contributed by atoms with Crippen molar-refractivity contribution in [2.45, 2.75) is 26.2 Å². The molecule has 23 heavy (non-hydrogen) atoms. The molecule has 1 saturated heterocycles. The van der Waals surface area contributed by atoms with E-state index in [2.05, 4.69) is 22.0 Å². The molecular formula is C17H23N5O. The predicted octanol–water partition coefficient (Wildman–Crippen LogP) is 2.11. The molecule has 0 atom stereocenters. The summed E-state index contributed by atoms with van der Waals surface area (Å²) in [6.45, 7) is 5.28. The van der Waals surface area contributed by atoms with Gasteiger partial charge in [-0.05, 0) is 30.7 Å². The Morgan fingerprint density at radius 1 is 1.04 bits per heavy atom. The number of aromatic nitrogens is 3. The summed E-state index contributed by atoms with van der Waals surface area (Å²) in [6.07, 6.45) is 6.61. The van der Waals surface area contributed by atoms with Gasteiger partial charge in [0.15, 0.2) is 11.6 Å². The zero-order valence-corrected chi connectivity index (χ0v) is 13.6. The number of rotatable bonds is 5. The average molecular weight is 313 g/mol. The van der Waals surface area contributed by atoms with Crippen molar-refractivity contribution in [2.75, 3.05) is 31.1 Å². The first-order valence-electron chi connectivity index (χ1n) is 8.27. The van der Waals surface area contributed by atoms with Crippen LogP contribution in [0.5, 0.6) is 0 Å². The Kier molecular flexibility index (Phi) is 4.90. The molecule has 1 fully saturated rings. The third-order valence-corrected chi connectivity index (χ3v) is 4.21. The van der Waals surface area contributed by atoms with Crippen molar-refractivity contribution in [3.8, 4) is 5.82 Å². The monoisotopic (exact) mass is 313 g/mol. The number of hydrogen-bond acceptors (Lipinski definition) is 4. The van der Waals surface area contributed by atoms with Crippen LogP contribution < -0.4 is 4.90 Å². The molecule has 1 aliphatic heterocycles. The third-order valence-electron chi connectivity index (χ3n) is 4.21. The molecule has 0 radical (unpaired) electrons. The van der Waals surface area contributed by atoms with Gasteiger partial charge in [0.05, 0.1) is 0 Å². The van der Waals surface area contributed by atoms with Gasteiger partial charge in [0.2, 0.25) is 5.91 Å². The van der Waals surface area contributed by atoms with E-state index in [-0.39, 0.29) is 5.91 Å². The van der Waals surface area contributed by atoms with Crippen molar-refractivity contribution in [2.24, 2.45) is 0 Å². The van der Waals surface area contributed by atoms with Crippen LogP contribution in [0, 0.1) is 0 Å². The molecule has 0 saturated carbocycles. The van der Waals surface area contributed by atoms with E-state index in [4.69, 9.17) is 0 Å². The van der Waals surface area contributed by atoms with Crippen LogP contribution in [-0.4, -0.2) is 51.8 Å². The molecule has 0 aromatic carbocycles. The highest BCUT2D eigenvalue weighted by Crippen LogP contribution is 2.15. The largest absolute Gasteiger partial charge is 0.352 e. The molecule has 3 rings (SSSR count). The van der Waals surface area contributed by atoms with Crippen LogP contribution in [0.2, 0.25) is 0 Å². The van der Waals surface area contributed by atoms with E-state index in [0.29, 0.717) is 6.42 Å². The molecule has 3 heterocycles. The zero-order chi connectivity index (χ0) is 16.1. The minimum absolute atomic E-state index is 0.278. The Morgan fingerprint density at radius 3 is 2.30 bits per heavy atom. The second-order valence-corrected chi connectivity index (χ2v) is 5.81. The fraction of sp³-hybridized carbons (Fsp3) is 0.471. The number of piperazine rings is 1. The molecule has 0 bridgehead atoms. The molecule has 0 aliphatic carbocycles. The highest BCUT2D eigenvalue weighted by Gasteiger charge is 2.21. The van der Waals surface area contributed by atoms with Crippen LogP contribution in [0.4, 0.5) is 5.82 Å². The maximum absolute atomic E-state index is 12.1. The molecule has 0 unspecified atom stereocenters. The quantitative estimate of drug-likeness (QED) is 0.848. The summed E-state index contributed by atoms with van der Waals surface area (Å²) < 4.78 is 1.93. The van der Waals surface area contributed by atoms with E-state index < -0.39 is 0 Å². The maximum Gasteiger partial charge on any atom is 0.222 e.